The summed E-state index contributed by atoms with van der Waals surface area (Å²) in [5.41, 5.74) is 0.759. The molecule has 0 N–H and O–H groups in total. The molecule has 7 heteroatoms. The van der Waals surface area contributed by atoms with Crippen LogP contribution in [-0.2, 0) is 19.6 Å². The van der Waals surface area contributed by atoms with E-state index in [9.17, 15) is 13.2 Å². The minimum Gasteiger partial charge on any atom is -0.375 e. The zero-order valence-corrected chi connectivity index (χ0v) is 14.3. The molecule has 0 aliphatic carbocycles. The zero-order valence-electron chi connectivity index (χ0n) is 13.4. The van der Waals surface area contributed by atoms with Gasteiger partial charge in [0.25, 0.3) is 0 Å². The number of morpholine rings is 1. The maximum atomic E-state index is 12.8. The van der Waals surface area contributed by atoms with E-state index >= 15 is 0 Å². The summed E-state index contributed by atoms with van der Waals surface area (Å²) in [6.07, 6.45) is 1.30. The zero-order chi connectivity index (χ0) is 16.6. The molecule has 1 aromatic rings. The molecule has 2 aliphatic rings. The van der Waals surface area contributed by atoms with Crippen LogP contribution in [0.5, 0.6) is 0 Å². The molecule has 2 atom stereocenters. The molecule has 0 radical (unpaired) electrons. The lowest BCUT2D eigenvalue weighted by atomic mass is 10.2. The van der Waals surface area contributed by atoms with E-state index in [4.69, 9.17) is 4.74 Å². The second kappa shape index (κ2) is 6.22. The van der Waals surface area contributed by atoms with Gasteiger partial charge in [-0.05, 0) is 44.5 Å². The third-order valence-corrected chi connectivity index (χ3v) is 6.37. The van der Waals surface area contributed by atoms with Crippen LogP contribution in [0.1, 0.15) is 26.7 Å². The van der Waals surface area contributed by atoms with Gasteiger partial charge in [0.1, 0.15) is 0 Å². The van der Waals surface area contributed by atoms with E-state index in [1.54, 1.807) is 29.2 Å². The Balaban J connectivity index is 1.84. The fourth-order valence-electron chi connectivity index (χ4n) is 3.06. The normalized spacial score (nSPS) is 26.7. The predicted molar refractivity (Wildman–Crippen MR) is 86.8 cm³/mol. The maximum Gasteiger partial charge on any atom is 0.243 e. The van der Waals surface area contributed by atoms with Crippen LogP contribution in [0.15, 0.2) is 29.2 Å². The molecule has 2 aliphatic heterocycles. The van der Waals surface area contributed by atoms with Crippen molar-refractivity contribution >= 4 is 21.6 Å². The lowest BCUT2D eigenvalue weighted by Gasteiger charge is -2.35. The highest BCUT2D eigenvalue weighted by Crippen LogP contribution is 2.26. The number of ether oxygens (including phenoxy) is 1. The lowest BCUT2D eigenvalue weighted by molar-refractivity contribution is -0.117. The van der Waals surface area contributed by atoms with Gasteiger partial charge in [0, 0.05) is 31.2 Å². The summed E-state index contributed by atoms with van der Waals surface area (Å²) < 4.78 is 32.7. The molecule has 2 saturated heterocycles. The minimum absolute atomic E-state index is 0.0937. The Morgan fingerprint density at radius 1 is 1.17 bits per heavy atom. The van der Waals surface area contributed by atoms with Crippen molar-refractivity contribution in [2.45, 2.75) is 43.7 Å². The first-order valence-electron chi connectivity index (χ1n) is 7.93. The van der Waals surface area contributed by atoms with E-state index in [0.717, 1.165) is 12.1 Å². The summed E-state index contributed by atoms with van der Waals surface area (Å²) in [5, 5.41) is 0. The summed E-state index contributed by atoms with van der Waals surface area (Å²) in [4.78, 5) is 13.7. The number of rotatable bonds is 3. The monoisotopic (exact) mass is 338 g/mol. The third kappa shape index (κ3) is 3.13. The molecule has 2 heterocycles. The number of hydrogen-bond donors (Lipinski definition) is 0. The molecule has 3 rings (SSSR count). The molecule has 2 unspecified atom stereocenters. The molecule has 6 nitrogen and oxygen atoms in total. The molecule has 1 aromatic carbocycles. The third-order valence-electron chi connectivity index (χ3n) is 4.38. The maximum absolute atomic E-state index is 12.8. The molecule has 1 amide bonds. The number of anilines is 1. The van der Waals surface area contributed by atoms with E-state index < -0.39 is 10.0 Å². The minimum atomic E-state index is -3.55. The van der Waals surface area contributed by atoms with Gasteiger partial charge in [0.2, 0.25) is 15.9 Å². The first-order valence-corrected chi connectivity index (χ1v) is 9.37. The van der Waals surface area contributed by atoms with Crippen LogP contribution >= 0.6 is 0 Å². The Hall–Kier alpha value is -1.44. The molecule has 2 fully saturated rings. The summed E-state index contributed by atoms with van der Waals surface area (Å²) >= 11 is 0. The molecule has 23 heavy (non-hydrogen) atoms. The van der Waals surface area contributed by atoms with Gasteiger partial charge in [-0.1, -0.05) is 0 Å². The van der Waals surface area contributed by atoms with E-state index in [1.807, 2.05) is 13.8 Å². The molecule has 0 saturated carbocycles. The fourth-order valence-corrected chi connectivity index (χ4v) is 4.75. The van der Waals surface area contributed by atoms with Crippen molar-refractivity contribution in [3.8, 4) is 0 Å². The number of nitrogens with zero attached hydrogens (tertiary/aromatic N) is 2. The van der Waals surface area contributed by atoms with Gasteiger partial charge in [-0.3, -0.25) is 4.79 Å². The van der Waals surface area contributed by atoms with Crippen molar-refractivity contribution in [3.05, 3.63) is 24.3 Å². The first-order chi connectivity index (χ1) is 10.9. The van der Waals surface area contributed by atoms with Crippen molar-refractivity contribution in [2.24, 2.45) is 0 Å². The summed E-state index contributed by atoms with van der Waals surface area (Å²) in [6.45, 7) is 5.18. The Kier molecular flexibility index (Phi) is 4.44. The quantitative estimate of drug-likeness (QED) is 0.840. The molecular weight excluding hydrogens is 316 g/mol. The second-order valence-electron chi connectivity index (χ2n) is 6.21. The van der Waals surface area contributed by atoms with E-state index in [2.05, 4.69) is 0 Å². The highest BCUT2D eigenvalue weighted by molar-refractivity contribution is 7.89. The Labute approximate surface area is 137 Å². The summed E-state index contributed by atoms with van der Waals surface area (Å²) in [5.74, 6) is 0.0937. The molecular formula is C16H22N2O4S. The van der Waals surface area contributed by atoms with E-state index in [1.165, 1.54) is 4.31 Å². The van der Waals surface area contributed by atoms with Crippen molar-refractivity contribution in [1.82, 2.24) is 4.31 Å². The van der Waals surface area contributed by atoms with Crippen molar-refractivity contribution < 1.29 is 17.9 Å². The number of hydrogen-bond acceptors (Lipinski definition) is 4. The van der Waals surface area contributed by atoms with Crippen LogP contribution in [-0.4, -0.2) is 50.5 Å². The van der Waals surface area contributed by atoms with Gasteiger partial charge in [-0.25, -0.2) is 8.42 Å². The van der Waals surface area contributed by atoms with Crippen molar-refractivity contribution in [3.63, 3.8) is 0 Å². The molecule has 0 bridgehead atoms. The summed E-state index contributed by atoms with van der Waals surface area (Å²) in [7, 11) is -3.55. The van der Waals surface area contributed by atoms with Gasteiger partial charge >= 0.3 is 0 Å². The van der Waals surface area contributed by atoms with Crippen LogP contribution in [0.2, 0.25) is 0 Å². The van der Waals surface area contributed by atoms with Crippen molar-refractivity contribution in [1.29, 1.82) is 0 Å². The predicted octanol–water partition coefficient (Wildman–Crippen LogP) is 1.61. The van der Waals surface area contributed by atoms with Gasteiger partial charge in [0.15, 0.2) is 0 Å². The number of carbonyl (C=O) groups is 1. The van der Waals surface area contributed by atoms with Crippen LogP contribution in [0.4, 0.5) is 5.69 Å². The van der Waals surface area contributed by atoms with Crippen molar-refractivity contribution in [2.75, 3.05) is 24.6 Å². The van der Waals surface area contributed by atoms with Crippen LogP contribution in [0, 0.1) is 0 Å². The second-order valence-corrected chi connectivity index (χ2v) is 8.10. The van der Waals surface area contributed by atoms with Crippen LogP contribution in [0.25, 0.3) is 0 Å². The standard InChI is InChI=1S/C16H22N2O4S/c1-12-11-22-13(2)10-18(12)23(20,21)15-7-5-14(6-8-15)17-9-3-4-16(17)19/h5-8,12-13H,3-4,9-11H2,1-2H3. The van der Waals surface area contributed by atoms with Gasteiger partial charge in [-0.2, -0.15) is 4.31 Å². The highest BCUT2D eigenvalue weighted by Gasteiger charge is 2.34. The Morgan fingerprint density at radius 3 is 2.48 bits per heavy atom. The number of amides is 1. The average molecular weight is 338 g/mol. The smallest absolute Gasteiger partial charge is 0.243 e. The largest absolute Gasteiger partial charge is 0.375 e. The number of carbonyl (C=O) groups excluding carboxylic acids is 1. The number of sulfonamides is 1. The van der Waals surface area contributed by atoms with Crippen LogP contribution < -0.4 is 4.90 Å². The van der Waals surface area contributed by atoms with Gasteiger partial charge in [0.05, 0.1) is 17.6 Å². The Bertz CT molecular complexity index is 687. The van der Waals surface area contributed by atoms with Gasteiger partial charge < -0.3 is 9.64 Å². The molecule has 0 spiro atoms. The fraction of sp³-hybridized carbons (Fsp3) is 0.562. The molecule has 0 aromatic heterocycles. The van der Waals surface area contributed by atoms with E-state index in [-0.39, 0.29) is 22.9 Å². The lowest BCUT2D eigenvalue weighted by Crippen LogP contribution is -2.50. The Morgan fingerprint density at radius 2 is 1.87 bits per heavy atom. The van der Waals surface area contributed by atoms with Crippen LogP contribution in [0.3, 0.4) is 0 Å². The van der Waals surface area contributed by atoms with E-state index in [0.29, 0.717) is 26.1 Å². The number of benzene rings is 1. The first kappa shape index (κ1) is 16.4. The highest BCUT2D eigenvalue weighted by atomic mass is 32.2. The molecule has 126 valence electrons. The average Bonchev–Trinajstić information content (AvgIpc) is 2.96. The topological polar surface area (TPSA) is 66.9 Å². The van der Waals surface area contributed by atoms with Gasteiger partial charge in [-0.15, -0.1) is 0 Å². The summed E-state index contributed by atoms with van der Waals surface area (Å²) in [6, 6.07) is 6.41. The SMILES string of the molecule is CC1CN(S(=O)(=O)c2ccc(N3CCCC3=O)cc2)C(C)CO1.